The molecule has 0 bridgehead atoms. The van der Waals surface area contributed by atoms with E-state index in [4.69, 9.17) is 10.5 Å². The van der Waals surface area contributed by atoms with E-state index in [0.717, 1.165) is 19.8 Å². The van der Waals surface area contributed by atoms with Crippen LogP contribution in [-0.2, 0) is 4.74 Å². The van der Waals surface area contributed by atoms with Crippen molar-refractivity contribution in [3.8, 4) is 0 Å². The van der Waals surface area contributed by atoms with Gasteiger partial charge in [-0.2, -0.15) is 0 Å². The average Bonchev–Trinajstić information content (AvgIpc) is 1.95. The molecular weight excluding hydrogens is 150 g/mol. The molecule has 1 unspecified atom stereocenters. The summed E-state index contributed by atoms with van der Waals surface area (Å²) in [5.74, 6) is 1.34. The highest BCUT2D eigenvalue weighted by Gasteiger charge is 2.46. The monoisotopic (exact) mass is 171 g/mol. The SMILES string of the molecule is CCC(CN)C1(C(C)C)COC1. The van der Waals surface area contributed by atoms with Crippen LogP contribution in [0.15, 0.2) is 0 Å². The molecule has 0 amide bonds. The van der Waals surface area contributed by atoms with Crippen LogP contribution in [0.1, 0.15) is 27.2 Å². The Bertz CT molecular complexity index is 137. The molecule has 0 aromatic rings. The molecule has 12 heavy (non-hydrogen) atoms. The summed E-state index contributed by atoms with van der Waals surface area (Å²) < 4.78 is 5.33. The maximum atomic E-state index is 5.76. The average molecular weight is 171 g/mol. The van der Waals surface area contributed by atoms with Crippen molar-refractivity contribution >= 4 is 0 Å². The summed E-state index contributed by atoms with van der Waals surface area (Å²) >= 11 is 0. The van der Waals surface area contributed by atoms with Gasteiger partial charge >= 0.3 is 0 Å². The second-order valence-corrected chi connectivity index (χ2v) is 4.22. The Labute approximate surface area is 75.5 Å². The quantitative estimate of drug-likeness (QED) is 0.698. The van der Waals surface area contributed by atoms with Crippen molar-refractivity contribution in [2.24, 2.45) is 23.0 Å². The lowest BCUT2D eigenvalue weighted by Crippen LogP contribution is -2.53. The van der Waals surface area contributed by atoms with Gasteiger partial charge in [-0.25, -0.2) is 0 Å². The number of hydrogen-bond donors (Lipinski definition) is 1. The van der Waals surface area contributed by atoms with Gasteiger partial charge in [0.2, 0.25) is 0 Å². The summed E-state index contributed by atoms with van der Waals surface area (Å²) in [4.78, 5) is 0. The Hall–Kier alpha value is -0.0800. The van der Waals surface area contributed by atoms with Crippen molar-refractivity contribution in [1.29, 1.82) is 0 Å². The maximum absolute atomic E-state index is 5.76. The highest BCUT2D eigenvalue weighted by molar-refractivity contribution is 4.94. The molecule has 0 aliphatic carbocycles. The van der Waals surface area contributed by atoms with E-state index in [-0.39, 0.29) is 0 Å². The Kier molecular flexibility index (Phi) is 3.13. The van der Waals surface area contributed by atoms with Gasteiger partial charge < -0.3 is 10.5 Å². The van der Waals surface area contributed by atoms with E-state index in [2.05, 4.69) is 20.8 Å². The highest BCUT2D eigenvalue weighted by atomic mass is 16.5. The van der Waals surface area contributed by atoms with Gasteiger partial charge in [0.15, 0.2) is 0 Å². The van der Waals surface area contributed by atoms with Crippen molar-refractivity contribution in [1.82, 2.24) is 0 Å². The summed E-state index contributed by atoms with van der Waals surface area (Å²) in [6, 6.07) is 0. The molecule has 2 heteroatoms. The first kappa shape index (κ1) is 10.0. The van der Waals surface area contributed by atoms with Crippen LogP contribution < -0.4 is 5.73 Å². The molecule has 0 radical (unpaired) electrons. The van der Waals surface area contributed by atoms with Gasteiger partial charge in [-0.15, -0.1) is 0 Å². The Morgan fingerprint density at radius 1 is 1.42 bits per heavy atom. The molecule has 0 aromatic carbocycles. The molecule has 0 saturated carbocycles. The van der Waals surface area contributed by atoms with E-state index in [1.807, 2.05) is 0 Å². The van der Waals surface area contributed by atoms with E-state index in [1.165, 1.54) is 6.42 Å². The number of nitrogens with two attached hydrogens (primary N) is 1. The van der Waals surface area contributed by atoms with Crippen LogP contribution in [0.4, 0.5) is 0 Å². The third-order valence-electron chi connectivity index (χ3n) is 3.48. The smallest absolute Gasteiger partial charge is 0.0550 e. The predicted octanol–water partition coefficient (Wildman–Crippen LogP) is 1.64. The molecule has 1 atom stereocenters. The summed E-state index contributed by atoms with van der Waals surface area (Å²) in [5.41, 5.74) is 6.15. The Balaban J connectivity index is 2.64. The van der Waals surface area contributed by atoms with Crippen molar-refractivity contribution in [3.63, 3.8) is 0 Å². The first-order chi connectivity index (χ1) is 5.67. The molecule has 1 aliphatic heterocycles. The number of hydrogen-bond acceptors (Lipinski definition) is 2. The van der Waals surface area contributed by atoms with Crippen LogP contribution in [-0.4, -0.2) is 19.8 Å². The van der Waals surface area contributed by atoms with E-state index >= 15 is 0 Å². The third kappa shape index (κ3) is 1.38. The molecule has 1 fully saturated rings. The van der Waals surface area contributed by atoms with E-state index in [1.54, 1.807) is 0 Å². The van der Waals surface area contributed by atoms with Gasteiger partial charge in [-0.1, -0.05) is 27.2 Å². The van der Waals surface area contributed by atoms with Crippen molar-refractivity contribution in [2.75, 3.05) is 19.8 Å². The fourth-order valence-electron chi connectivity index (χ4n) is 2.19. The largest absolute Gasteiger partial charge is 0.380 e. The molecule has 0 aromatic heterocycles. The topological polar surface area (TPSA) is 35.2 Å². The Morgan fingerprint density at radius 3 is 2.08 bits per heavy atom. The van der Waals surface area contributed by atoms with Gasteiger partial charge in [0.1, 0.15) is 0 Å². The highest BCUT2D eigenvalue weighted by Crippen LogP contribution is 2.43. The minimum atomic E-state index is 0.392. The molecule has 1 heterocycles. The second kappa shape index (κ2) is 3.75. The molecule has 0 spiro atoms. The second-order valence-electron chi connectivity index (χ2n) is 4.22. The van der Waals surface area contributed by atoms with Crippen LogP contribution in [0.2, 0.25) is 0 Å². The summed E-state index contributed by atoms with van der Waals surface area (Å²) in [5, 5.41) is 0. The summed E-state index contributed by atoms with van der Waals surface area (Å²) in [7, 11) is 0. The fraction of sp³-hybridized carbons (Fsp3) is 1.00. The number of rotatable bonds is 4. The Morgan fingerprint density at radius 2 is 2.00 bits per heavy atom. The van der Waals surface area contributed by atoms with Crippen molar-refractivity contribution < 1.29 is 4.74 Å². The zero-order valence-corrected chi connectivity index (χ0v) is 8.47. The molecular formula is C10H21NO. The molecule has 2 nitrogen and oxygen atoms in total. The lowest BCUT2D eigenvalue weighted by atomic mass is 9.65. The van der Waals surface area contributed by atoms with Crippen LogP contribution in [0, 0.1) is 17.3 Å². The lowest BCUT2D eigenvalue weighted by Gasteiger charge is -2.50. The molecule has 1 rings (SSSR count). The molecule has 1 saturated heterocycles. The van der Waals surface area contributed by atoms with E-state index in [0.29, 0.717) is 17.3 Å². The summed E-state index contributed by atoms with van der Waals surface area (Å²) in [6.07, 6.45) is 1.18. The van der Waals surface area contributed by atoms with E-state index < -0.39 is 0 Å². The molecule has 72 valence electrons. The van der Waals surface area contributed by atoms with Gasteiger partial charge in [0.05, 0.1) is 13.2 Å². The predicted molar refractivity (Wildman–Crippen MR) is 50.9 cm³/mol. The normalized spacial score (nSPS) is 23.8. The van der Waals surface area contributed by atoms with Gasteiger partial charge in [-0.05, 0) is 18.4 Å². The minimum Gasteiger partial charge on any atom is -0.380 e. The molecule has 1 aliphatic rings. The van der Waals surface area contributed by atoms with Crippen LogP contribution in [0.3, 0.4) is 0 Å². The van der Waals surface area contributed by atoms with Gasteiger partial charge in [0, 0.05) is 5.41 Å². The first-order valence-corrected chi connectivity index (χ1v) is 4.95. The van der Waals surface area contributed by atoms with Crippen LogP contribution in [0.25, 0.3) is 0 Å². The zero-order valence-electron chi connectivity index (χ0n) is 8.47. The lowest BCUT2D eigenvalue weighted by molar-refractivity contribution is -0.170. The zero-order chi connectivity index (χ0) is 9.19. The summed E-state index contributed by atoms with van der Waals surface area (Å²) in [6.45, 7) is 9.42. The third-order valence-corrected chi connectivity index (χ3v) is 3.48. The van der Waals surface area contributed by atoms with Crippen molar-refractivity contribution in [3.05, 3.63) is 0 Å². The fourth-order valence-corrected chi connectivity index (χ4v) is 2.19. The standard InChI is InChI=1S/C10H21NO/c1-4-9(5-11)10(8(2)3)6-12-7-10/h8-9H,4-7,11H2,1-3H3. The minimum absolute atomic E-state index is 0.392. The maximum Gasteiger partial charge on any atom is 0.0550 e. The van der Waals surface area contributed by atoms with Crippen LogP contribution >= 0.6 is 0 Å². The number of ether oxygens (including phenoxy) is 1. The first-order valence-electron chi connectivity index (χ1n) is 4.95. The van der Waals surface area contributed by atoms with Crippen molar-refractivity contribution in [2.45, 2.75) is 27.2 Å². The van der Waals surface area contributed by atoms with E-state index in [9.17, 15) is 0 Å². The van der Waals surface area contributed by atoms with Gasteiger partial charge in [-0.3, -0.25) is 0 Å². The molecule has 2 N–H and O–H groups in total. The van der Waals surface area contributed by atoms with Crippen LogP contribution in [0.5, 0.6) is 0 Å². The van der Waals surface area contributed by atoms with Gasteiger partial charge in [0.25, 0.3) is 0 Å².